The van der Waals surface area contributed by atoms with E-state index in [-0.39, 0.29) is 29.8 Å². The molecule has 1 unspecified atom stereocenters. The van der Waals surface area contributed by atoms with Crippen LogP contribution >= 0.6 is 0 Å². The van der Waals surface area contributed by atoms with Crippen LogP contribution in [0.1, 0.15) is 45.9 Å². The molecule has 0 radical (unpaired) electrons. The van der Waals surface area contributed by atoms with Crippen LogP contribution < -0.4 is 17.0 Å². The quantitative estimate of drug-likeness (QED) is 0.884. The Balaban J connectivity index is 2.87. The fraction of sp³-hybridized carbons (Fsp3) is 0.667. The Morgan fingerprint density at radius 2 is 1.82 bits per heavy atom. The van der Waals surface area contributed by atoms with Crippen LogP contribution in [0.15, 0.2) is 9.59 Å². The van der Waals surface area contributed by atoms with Crippen molar-refractivity contribution in [2.24, 2.45) is 12.8 Å². The molecule has 0 fully saturated rings. The first-order chi connectivity index (χ1) is 10.3. The van der Waals surface area contributed by atoms with Gasteiger partial charge in [0.2, 0.25) is 0 Å². The number of nitrogens with two attached hydrogens (primary N) is 1. The summed E-state index contributed by atoms with van der Waals surface area (Å²) in [5.74, 6) is 0.967. The van der Waals surface area contributed by atoms with Gasteiger partial charge in [0.15, 0.2) is 11.2 Å². The molecular formula is C15H25N5O2. The number of nitrogens with zero attached hydrogens (tertiary/aromatic N) is 4. The minimum atomic E-state index is -0.336. The predicted octanol–water partition coefficient (Wildman–Crippen LogP) is 0.777. The molecule has 0 aliphatic carbocycles. The highest BCUT2D eigenvalue weighted by atomic mass is 16.2. The van der Waals surface area contributed by atoms with Crippen molar-refractivity contribution < 1.29 is 0 Å². The summed E-state index contributed by atoms with van der Waals surface area (Å²) < 4.78 is 4.58. The predicted molar refractivity (Wildman–Crippen MR) is 87.3 cm³/mol. The summed E-state index contributed by atoms with van der Waals surface area (Å²) >= 11 is 0. The van der Waals surface area contributed by atoms with Gasteiger partial charge in [0, 0.05) is 32.1 Å². The lowest BCUT2D eigenvalue weighted by Crippen LogP contribution is -2.44. The third-order valence-corrected chi connectivity index (χ3v) is 4.05. The first kappa shape index (κ1) is 16.5. The Labute approximate surface area is 129 Å². The lowest BCUT2D eigenvalue weighted by atomic mass is 10.2. The Morgan fingerprint density at radius 1 is 1.18 bits per heavy atom. The smallest absolute Gasteiger partial charge is 0.326 e. The van der Waals surface area contributed by atoms with E-state index < -0.39 is 0 Å². The second-order valence-electron chi connectivity index (χ2n) is 5.97. The molecule has 2 aromatic heterocycles. The summed E-state index contributed by atoms with van der Waals surface area (Å²) in [5.41, 5.74) is 6.22. The van der Waals surface area contributed by atoms with Crippen molar-refractivity contribution >= 4 is 11.2 Å². The van der Waals surface area contributed by atoms with E-state index >= 15 is 0 Å². The fourth-order valence-electron chi connectivity index (χ4n) is 2.71. The zero-order valence-corrected chi connectivity index (χ0v) is 14.0. The van der Waals surface area contributed by atoms with Gasteiger partial charge in [0.05, 0.1) is 0 Å². The monoisotopic (exact) mass is 307 g/mol. The molecule has 7 heteroatoms. The number of imidazole rings is 1. The van der Waals surface area contributed by atoms with Gasteiger partial charge in [-0.3, -0.25) is 13.9 Å². The summed E-state index contributed by atoms with van der Waals surface area (Å²) in [6.07, 6.45) is 0.707. The molecule has 0 spiro atoms. The van der Waals surface area contributed by atoms with E-state index in [2.05, 4.69) is 4.98 Å². The standard InChI is InChI=1S/C15H25N5O2/c1-6-10(16)8-20-14(21)11-13(19(7-2)15(20)22)17-12(9(3)4)18(11)5/h9-10H,6-8,16H2,1-5H3. The summed E-state index contributed by atoms with van der Waals surface area (Å²) in [7, 11) is 1.82. The molecule has 2 rings (SSSR count). The molecular weight excluding hydrogens is 282 g/mol. The second kappa shape index (κ2) is 6.08. The summed E-state index contributed by atoms with van der Waals surface area (Å²) in [5, 5.41) is 0. The van der Waals surface area contributed by atoms with E-state index in [1.165, 1.54) is 4.57 Å². The molecule has 0 saturated heterocycles. The Bertz CT molecular complexity index is 797. The first-order valence-electron chi connectivity index (χ1n) is 7.78. The molecule has 1 atom stereocenters. The summed E-state index contributed by atoms with van der Waals surface area (Å²) in [6, 6.07) is -0.217. The van der Waals surface area contributed by atoms with Crippen molar-refractivity contribution in [2.75, 3.05) is 0 Å². The van der Waals surface area contributed by atoms with Gasteiger partial charge in [-0.2, -0.15) is 0 Å². The van der Waals surface area contributed by atoms with Crippen molar-refractivity contribution in [3.63, 3.8) is 0 Å². The van der Waals surface area contributed by atoms with Crippen molar-refractivity contribution in [1.82, 2.24) is 18.7 Å². The van der Waals surface area contributed by atoms with Gasteiger partial charge in [-0.05, 0) is 13.3 Å². The number of rotatable bonds is 5. The molecule has 0 amide bonds. The Hall–Kier alpha value is -1.89. The molecule has 0 aliphatic rings. The Kier molecular flexibility index (Phi) is 4.55. The SMILES string of the molecule is CCC(N)Cn1c(=O)c2c(nc(C(C)C)n2C)n(CC)c1=O. The second-order valence-corrected chi connectivity index (χ2v) is 5.97. The highest BCUT2D eigenvalue weighted by molar-refractivity contribution is 5.71. The highest BCUT2D eigenvalue weighted by Crippen LogP contribution is 2.17. The van der Waals surface area contributed by atoms with Crippen LogP contribution in [-0.2, 0) is 20.1 Å². The average Bonchev–Trinajstić information content (AvgIpc) is 2.81. The van der Waals surface area contributed by atoms with Crippen LogP contribution in [0, 0.1) is 0 Å². The van der Waals surface area contributed by atoms with Gasteiger partial charge >= 0.3 is 5.69 Å². The number of fused-ring (bicyclic) bond motifs is 1. The molecule has 22 heavy (non-hydrogen) atoms. The van der Waals surface area contributed by atoms with Crippen LogP contribution in [0.25, 0.3) is 11.2 Å². The molecule has 2 heterocycles. The van der Waals surface area contributed by atoms with Crippen LogP contribution in [0.3, 0.4) is 0 Å². The average molecular weight is 307 g/mol. The van der Waals surface area contributed by atoms with E-state index in [9.17, 15) is 9.59 Å². The molecule has 0 aromatic carbocycles. The van der Waals surface area contributed by atoms with Crippen molar-refractivity contribution in [3.8, 4) is 0 Å². The van der Waals surface area contributed by atoms with E-state index in [4.69, 9.17) is 5.73 Å². The van der Waals surface area contributed by atoms with Crippen LogP contribution in [0.2, 0.25) is 0 Å². The lowest BCUT2D eigenvalue weighted by Gasteiger charge is -2.13. The fourth-order valence-corrected chi connectivity index (χ4v) is 2.71. The zero-order valence-electron chi connectivity index (χ0n) is 14.0. The van der Waals surface area contributed by atoms with Crippen LogP contribution in [-0.4, -0.2) is 24.7 Å². The summed E-state index contributed by atoms with van der Waals surface area (Å²) in [6.45, 7) is 8.53. The number of aryl methyl sites for hydroxylation is 2. The van der Waals surface area contributed by atoms with Crippen LogP contribution in [0.5, 0.6) is 0 Å². The highest BCUT2D eigenvalue weighted by Gasteiger charge is 2.21. The lowest BCUT2D eigenvalue weighted by molar-refractivity contribution is 0.493. The number of hydrogen-bond donors (Lipinski definition) is 1. The van der Waals surface area contributed by atoms with Crippen molar-refractivity contribution in [1.29, 1.82) is 0 Å². The molecule has 7 nitrogen and oxygen atoms in total. The molecule has 2 aromatic rings. The van der Waals surface area contributed by atoms with Gasteiger partial charge in [-0.1, -0.05) is 20.8 Å². The maximum Gasteiger partial charge on any atom is 0.332 e. The maximum atomic E-state index is 12.8. The topological polar surface area (TPSA) is 87.8 Å². The van der Waals surface area contributed by atoms with Crippen molar-refractivity contribution in [2.45, 2.75) is 59.2 Å². The molecule has 0 saturated carbocycles. The van der Waals surface area contributed by atoms with E-state index in [0.29, 0.717) is 24.1 Å². The molecule has 122 valence electrons. The largest absolute Gasteiger partial charge is 0.332 e. The zero-order chi connectivity index (χ0) is 16.6. The van der Waals surface area contributed by atoms with Crippen LogP contribution in [0.4, 0.5) is 0 Å². The van der Waals surface area contributed by atoms with E-state index in [0.717, 1.165) is 5.82 Å². The molecule has 0 bridgehead atoms. The Morgan fingerprint density at radius 3 is 2.32 bits per heavy atom. The first-order valence-corrected chi connectivity index (χ1v) is 7.78. The molecule has 2 N–H and O–H groups in total. The van der Waals surface area contributed by atoms with E-state index in [1.54, 1.807) is 9.13 Å². The number of aromatic nitrogens is 4. The van der Waals surface area contributed by atoms with Crippen molar-refractivity contribution in [3.05, 3.63) is 26.7 Å². The van der Waals surface area contributed by atoms with Gasteiger partial charge in [0.25, 0.3) is 5.56 Å². The third-order valence-electron chi connectivity index (χ3n) is 4.05. The molecule has 0 aliphatic heterocycles. The van der Waals surface area contributed by atoms with Gasteiger partial charge < -0.3 is 10.3 Å². The van der Waals surface area contributed by atoms with E-state index in [1.807, 2.05) is 34.7 Å². The third kappa shape index (κ3) is 2.49. The van der Waals surface area contributed by atoms with Gasteiger partial charge in [-0.25, -0.2) is 9.78 Å². The summed E-state index contributed by atoms with van der Waals surface area (Å²) in [4.78, 5) is 29.9. The van der Waals surface area contributed by atoms with Gasteiger partial charge in [-0.15, -0.1) is 0 Å². The minimum absolute atomic E-state index is 0.170. The number of hydrogen-bond acceptors (Lipinski definition) is 4. The maximum absolute atomic E-state index is 12.8. The normalized spacial score (nSPS) is 13.2. The van der Waals surface area contributed by atoms with Gasteiger partial charge in [0.1, 0.15) is 5.82 Å². The minimum Gasteiger partial charge on any atom is -0.326 e.